The number of benzene rings is 2. The third kappa shape index (κ3) is 5.02. The number of amides is 3. The van der Waals surface area contributed by atoms with Gasteiger partial charge in [-0.2, -0.15) is 0 Å². The maximum absolute atomic E-state index is 12.9. The fourth-order valence-electron chi connectivity index (χ4n) is 4.63. The molecule has 3 aromatic rings. The predicted octanol–water partition coefficient (Wildman–Crippen LogP) is 3.80. The van der Waals surface area contributed by atoms with Gasteiger partial charge in [-0.25, -0.2) is 4.98 Å². The molecule has 180 valence electrons. The molecule has 0 bridgehead atoms. The minimum Gasteiger partial charge on any atom is -0.373 e. The van der Waals surface area contributed by atoms with Gasteiger partial charge in [0.25, 0.3) is 17.7 Å². The van der Waals surface area contributed by atoms with Gasteiger partial charge in [-0.1, -0.05) is 24.3 Å². The van der Waals surface area contributed by atoms with Crippen LogP contribution in [0.4, 0.5) is 5.13 Å². The summed E-state index contributed by atoms with van der Waals surface area (Å²) in [5.74, 6) is -0.927. The Morgan fingerprint density at radius 3 is 2.40 bits per heavy atom. The minimum atomic E-state index is -0.320. The van der Waals surface area contributed by atoms with Crippen LogP contribution in [0.25, 0.3) is 0 Å². The lowest BCUT2D eigenvalue weighted by Gasteiger charge is -2.34. The molecular weight excluding hydrogens is 464 g/mol. The Kier molecular flexibility index (Phi) is 6.46. The standard InChI is InChI=1S/C26H26N4O4S/c1-16-11-29(12-17(2)34-16)14-20-15-35-26(27-20)28-23(31)19-7-5-6-18(10-19)13-30-24(32)21-8-3-4-9-22(21)25(30)33/h3-10,15-17H,11-14H2,1-2H3,(H,27,28,31). The summed E-state index contributed by atoms with van der Waals surface area (Å²) in [6, 6.07) is 13.7. The van der Waals surface area contributed by atoms with Gasteiger partial charge in [0.15, 0.2) is 5.13 Å². The number of nitrogens with zero attached hydrogens (tertiary/aromatic N) is 3. The Labute approximate surface area is 207 Å². The number of morpholine rings is 1. The highest BCUT2D eigenvalue weighted by atomic mass is 32.1. The molecule has 2 aliphatic heterocycles. The van der Waals surface area contributed by atoms with Crippen LogP contribution in [0.15, 0.2) is 53.9 Å². The summed E-state index contributed by atoms with van der Waals surface area (Å²) in [4.78, 5) is 46.3. The number of thiazole rings is 1. The van der Waals surface area contributed by atoms with Crippen molar-refractivity contribution in [2.75, 3.05) is 18.4 Å². The molecule has 3 amide bonds. The maximum atomic E-state index is 12.9. The van der Waals surface area contributed by atoms with Crippen LogP contribution in [-0.4, -0.2) is 57.8 Å². The lowest BCUT2D eigenvalue weighted by Crippen LogP contribution is -2.44. The van der Waals surface area contributed by atoms with E-state index in [9.17, 15) is 14.4 Å². The van der Waals surface area contributed by atoms with E-state index in [4.69, 9.17) is 4.74 Å². The average Bonchev–Trinajstić information content (AvgIpc) is 3.36. The van der Waals surface area contributed by atoms with Crippen LogP contribution >= 0.6 is 11.3 Å². The van der Waals surface area contributed by atoms with Gasteiger partial charge in [0, 0.05) is 30.6 Å². The highest BCUT2D eigenvalue weighted by Crippen LogP contribution is 2.25. The SMILES string of the molecule is CC1CN(Cc2csc(NC(=O)c3cccc(CN4C(=O)c5ccccc5C4=O)c3)n2)CC(C)O1. The number of anilines is 1. The number of fused-ring (bicyclic) bond motifs is 1. The molecule has 0 radical (unpaired) electrons. The molecule has 9 heteroatoms. The van der Waals surface area contributed by atoms with Gasteiger partial charge < -0.3 is 4.74 Å². The number of hydrogen-bond acceptors (Lipinski definition) is 7. The molecule has 0 spiro atoms. The van der Waals surface area contributed by atoms with Gasteiger partial charge in [0.1, 0.15) is 0 Å². The molecule has 0 aliphatic carbocycles. The normalized spacial score (nSPS) is 20.2. The lowest BCUT2D eigenvalue weighted by atomic mass is 10.1. The zero-order valence-electron chi connectivity index (χ0n) is 19.6. The molecular formula is C26H26N4O4S. The van der Waals surface area contributed by atoms with Crippen molar-refractivity contribution in [3.05, 3.63) is 81.9 Å². The first-order valence-electron chi connectivity index (χ1n) is 11.5. The van der Waals surface area contributed by atoms with Crippen molar-refractivity contribution in [3.63, 3.8) is 0 Å². The zero-order valence-corrected chi connectivity index (χ0v) is 20.4. The molecule has 0 saturated carbocycles. The molecule has 2 aliphatic rings. The molecule has 2 aromatic carbocycles. The Bertz CT molecular complexity index is 1240. The fraction of sp³-hybridized carbons (Fsp3) is 0.308. The molecule has 1 N–H and O–H groups in total. The zero-order chi connectivity index (χ0) is 24.5. The van der Waals surface area contributed by atoms with Gasteiger partial charge in [-0.3, -0.25) is 29.5 Å². The Hall–Kier alpha value is -3.40. The first kappa shape index (κ1) is 23.3. The van der Waals surface area contributed by atoms with E-state index in [0.717, 1.165) is 18.8 Å². The number of ether oxygens (including phenoxy) is 1. The van der Waals surface area contributed by atoms with Crippen LogP contribution in [0.2, 0.25) is 0 Å². The van der Waals surface area contributed by atoms with E-state index in [2.05, 4.69) is 29.0 Å². The number of nitrogens with one attached hydrogen (secondary N) is 1. The summed E-state index contributed by atoms with van der Waals surface area (Å²) in [5.41, 5.74) is 2.86. The number of carbonyl (C=O) groups is 3. The second-order valence-corrected chi connectivity index (χ2v) is 9.85. The van der Waals surface area contributed by atoms with Gasteiger partial charge in [0.05, 0.1) is 35.6 Å². The van der Waals surface area contributed by atoms with Crippen LogP contribution in [0.3, 0.4) is 0 Å². The number of rotatable bonds is 6. The fourth-order valence-corrected chi connectivity index (χ4v) is 5.32. The van der Waals surface area contributed by atoms with Crippen molar-refractivity contribution in [1.29, 1.82) is 0 Å². The molecule has 2 unspecified atom stereocenters. The molecule has 2 atom stereocenters. The van der Waals surface area contributed by atoms with Crippen molar-refractivity contribution in [1.82, 2.24) is 14.8 Å². The van der Waals surface area contributed by atoms with E-state index >= 15 is 0 Å². The Morgan fingerprint density at radius 1 is 1.03 bits per heavy atom. The van der Waals surface area contributed by atoms with E-state index in [1.54, 1.807) is 48.5 Å². The highest BCUT2D eigenvalue weighted by molar-refractivity contribution is 7.14. The molecule has 3 heterocycles. The smallest absolute Gasteiger partial charge is 0.261 e. The van der Waals surface area contributed by atoms with Gasteiger partial charge >= 0.3 is 0 Å². The van der Waals surface area contributed by atoms with Crippen LogP contribution < -0.4 is 5.32 Å². The Balaban J connectivity index is 1.22. The highest BCUT2D eigenvalue weighted by Gasteiger charge is 2.35. The first-order valence-corrected chi connectivity index (χ1v) is 12.4. The van der Waals surface area contributed by atoms with E-state index < -0.39 is 0 Å². The van der Waals surface area contributed by atoms with Crippen LogP contribution in [0.1, 0.15) is 56.2 Å². The van der Waals surface area contributed by atoms with E-state index in [0.29, 0.717) is 33.9 Å². The molecule has 1 saturated heterocycles. The second-order valence-electron chi connectivity index (χ2n) is 8.99. The lowest BCUT2D eigenvalue weighted by molar-refractivity contribution is -0.0707. The molecule has 5 rings (SSSR count). The largest absolute Gasteiger partial charge is 0.373 e. The summed E-state index contributed by atoms with van der Waals surface area (Å²) in [5, 5.41) is 5.35. The summed E-state index contributed by atoms with van der Waals surface area (Å²) in [7, 11) is 0. The maximum Gasteiger partial charge on any atom is 0.261 e. The van der Waals surface area contributed by atoms with E-state index in [1.165, 1.54) is 16.2 Å². The minimum absolute atomic E-state index is 0.102. The first-order chi connectivity index (χ1) is 16.9. The predicted molar refractivity (Wildman–Crippen MR) is 132 cm³/mol. The third-order valence-electron chi connectivity index (χ3n) is 6.06. The molecule has 1 aromatic heterocycles. The van der Waals surface area contributed by atoms with Crippen molar-refractivity contribution in [3.8, 4) is 0 Å². The van der Waals surface area contributed by atoms with E-state index in [-0.39, 0.29) is 36.5 Å². The number of carbonyl (C=O) groups excluding carboxylic acids is 3. The monoisotopic (exact) mass is 490 g/mol. The van der Waals surface area contributed by atoms with Gasteiger partial charge in [-0.15, -0.1) is 11.3 Å². The molecule has 1 fully saturated rings. The van der Waals surface area contributed by atoms with Gasteiger partial charge in [-0.05, 0) is 43.7 Å². The average molecular weight is 491 g/mol. The second kappa shape index (κ2) is 9.69. The summed E-state index contributed by atoms with van der Waals surface area (Å²) in [6.07, 6.45) is 0.369. The van der Waals surface area contributed by atoms with Crippen molar-refractivity contribution < 1.29 is 19.1 Å². The summed E-state index contributed by atoms with van der Waals surface area (Å²) >= 11 is 1.39. The van der Waals surface area contributed by atoms with Crippen LogP contribution in [0.5, 0.6) is 0 Å². The van der Waals surface area contributed by atoms with Gasteiger partial charge in [0.2, 0.25) is 0 Å². The van der Waals surface area contributed by atoms with Crippen molar-refractivity contribution in [2.24, 2.45) is 0 Å². The number of imide groups is 1. The number of hydrogen-bond donors (Lipinski definition) is 1. The van der Waals surface area contributed by atoms with Crippen molar-refractivity contribution in [2.45, 2.75) is 39.1 Å². The Morgan fingerprint density at radius 2 is 1.71 bits per heavy atom. The quantitative estimate of drug-likeness (QED) is 0.529. The third-order valence-corrected chi connectivity index (χ3v) is 6.87. The topological polar surface area (TPSA) is 91.8 Å². The van der Waals surface area contributed by atoms with Crippen molar-refractivity contribution >= 4 is 34.2 Å². The van der Waals surface area contributed by atoms with Crippen LogP contribution in [0, 0.1) is 0 Å². The molecule has 8 nitrogen and oxygen atoms in total. The van der Waals surface area contributed by atoms with Crippen LogP contribution in [-0.2, 0) is 17.8 Å². The molecule has 35 heavy (non-hydrogen) atoms. The summed E-state index contributed by atoms with van der Waals surface area (Å²) in [6.45, 7) is 6.65. The van der Waals surface area contributed by atoms with E-state index in [1.807, 2.05) is 5.38 Å². The summed E-state index contributed by atoms with van der Waals surface area (Å²) < 4.78 is 5.78. The number of aromatic nitrogens is 1.